The summed E-state index contributed by atoms with van der Waals surface area (Å²) in [5.74, 6) is 0.999. The Bertz CT molecular complexity index is 1470. The molecule has 1 unspecified atom stereocenters. The first kappa shape index (κ1) is 26.2. The first-order valence-electron chi connectivity index (χ1n) is 12.3. The van der Waals surface area contributed by atoms with Crippen molar-refractivity contribution in [3.63, 3.8) is 0 Å². The second-order valence-corrected chi connectivity index (χ2v) is 9.40. The minimum absolute atomic E-state index is 0.218. The fraction of sp³-hybridized carbons (Fsp3) is 0.276. The van der Waals surface area contributed by atoms with E-state index in [2.05, 4.69) is 12.2 Å². The lowest BCUT2D eigenvalue weighted by atomic mass is 10.1. The number of unbranched alkanes of at least 4 members (excludes halogenated alkanes) is 1. The molecule has 4 aromatic rings. The average Bonchev–Trinajstić information content (AvgIpc) is 2.90. The number of anilines is 1. The van der Waals surface area contributed by atoms with Crippen molar-refractivity contribution in [3.05, 3.63) is 93.5 Å². The van der Waals surface area contributed by atoms with E-state index in [-0.39, 0.29) is 11.6 Å². The van der Waals surface area contributed by atoms with Gasteiger partial charge in [0.1, 0.15) is 11.6 Å². The summed E-state index contributed by atoms with van der Waals surface area (Å²) in [6.07, 6.45) is 1.70. The van der Waals surface area contributed by atoms with Crippen LogP contribution in [0.2, 0.25) is 5.02 Å². The maximum Gasteiger partial charge on any atom is 0.322 e. The minimum atomic E-state index is -0.527. The van der Waals surface area contributed by atoms with Gasteiger partial charge in [-0.05, 0) is 74.4 Å². The van der Waals surface area contributed by atoms with Gasteiger partial charge in [-0.15, -0.1) is 0 Å². The molecule has 3 aromatic carbocycles. The van der Waals surface area contributed by atoms with Crippen molar-refractivity contribution >= 4 is 34.2 Å². The molecule has 4 rings (SSSR count). The molecule has 1 atom stereocenters. The highest BCUT2D eigenvalue weighted by molar-refractivity contribution is 6.30. The zero-order valence-corrected chi connectivity index (χ0v) is 22.2. The Labute approximate surface area is 221 Å². The van der Waals surface area contributed by atoms with Crippen LogP contribution in [0.1, 0.15) is 44.1 Å². The SMILES string of the molecule is CCCCN(C(=O)Nc1ccc(Cl)cc1)C(C)c1nc2ccccc2c(=O)n1-c1cc(C)ccc1OC. The summed E-state index contributed by atoms with van der Waals surface area (Å²) in [4.78, 5) is 34.1. The molecular formula is C29H31ClN4O3. The van der Waals surface area contributed by atoms with Gasteiger partial charge in [-0.3, -0.25) is 9.36 Å². The Balaban J connectivity index is 1.87. The van der Waals surface area contributed by atoms with Gasteiger partial charge in [0.15, 0.2) is 0 Å². The topological polar surface area (TPSA) is 76.5 Å². The lowest BCUT2D eigenvalue weighted by molar-refractivity contribution is 0.188. The largest absolute Gasteiger partial charge is 0.495 e. The van der Waals surface area contributed by atoms with Gasteiger partial charge in [0.2, 0.25) is 0 Å². The smallest absolute Gasteiger partial charge is 0.322 e. The molecule has 1 heterocycles. The lowest BCUT2D eigenvalue weighted by Gasteiger charge is -2.31. The quantitative estimate of drug-likeness (QED) is 0.280. The third kappa shape index (κ3) is 5.62. The number of amides is 2. The van der Waals surface area contributed by atoms with Crippen LogP contribution in [0.4, 0.5) is 10.5 Å². The van der Waals surface area contributed by atoms with E-state index in [1.807, 2.05) is 50.2 Å². The van der Waals surface area contributed by atoms with Crippen LogP contribution in [-0.2, 0) is 0 Å². The van der Waals surface area contributed by atoms with E-state index in [0.717, 1.165) is 18.4 Å². The minimum Gasteiger partial charge on any atom is -0.495 e. The van der Waals surface area contributed by atoms with E-state index in [4.69, 9.17) is 21.3 Å². The van der Waals surface area contributed by atoms with Gasteiger partial charge in [0, 0.05) is 17.3 Å². The van der Waals surface area contributed by atoms with Gasteiger partial charge in [-0.25, -0.2) is 9.78 Å². The number of carbonyl (C=O) groups is 1. The van der Waals surface area contributed by atoms with Gasteiger partial charge >= 0.3 is 6.03 Å². The Morgan fingerprint density at radius 1 is 1.14 bits per heavy atom. The van der Waals surface area contributed by atoms with E-state index < -0.39 is 6.04 Å². The highest BCUT2D eigenvalue weighted by atomic mass is 35.5. The number of methoxy groups -OCH3 is 1. The summed E-state index contributed by atoms with van der Waals surface area (Å²) in [5.41, 5.74) is 2.54. The Hall–Kier alpha value is -3.84. The molecule has 192 valence electrons. The molecule has 0 radical (unpaired) electrons. The molecule has 0 aliphatic rings. The van der Waals surface area contributed by atoms with Crippen molar-refractivity contribution in [1.29, 1.82) is 0 Å². The number of aryl methyl sites for hydroxylation is 1. The summed E-state index contributed by atoms with van der Waals surface area (Å²) in [6, 6.07) is 19.1. The Morgan fingerprint density at radius 2 is 1.86 bits per heavy atom. The van der Waals surface area contributed by atoms with Crippen molar-refractivity contribution in [2.75, 3.05) is 19.0 Å². The standard InChI is InChI=1S/C29H31ClN4O3/c1-5-6-17-33(29(36)31-22-14-12-21(30)13-15-22)20(3)27-32-24-10-8-7-9-23(24)28(35)34(27)25-18-19(2)11-16-26(25)37-4/h7-16,18,20H,5-6,17H2,1-4H3,(H,31,36). The van der Waals surface area contributed by atoms with Crippen LogP contribution in [0.3, 0.4) is 0 Å². The highest BCUT2D eigenvalue weighted by Gasteiger charge is 2.27. The number of benzene rings is 3. The van der Waals surface area contributed by atoms with Gasteiger partial charge in [-0.2, -0.15) is 0 Å². The fourth-order valence-electron chi connectivity index (χ4n) is 4.31. The van der Waals surface area contributed by atoms with E-state index in [0.29, 0.717) is 45.4 Å². The van der Waals surface area contributed by atoms with Crippen LogP contribution in [-0.4, -0.2) is 34.1 Å². The number of aromatic nitrogens is 2. The monoisotopic (exact) mass is 518 g/mol. The number of hydrogen-bond donors (Lipinski definition) is 1. The Kier molecular flexibility index (Phi) is 8.14. The lowest BCUT2D eigenvalue weighted by Crippen LogP contribution is -2.40. The van der Waals surface area contributed by atoms with Crippen LogP contribution in [0.15, 0.2) is 71.5 Å². The molecule has 0 aliphatic carbocycles. The molecule has 2 amide bonds. The number of urea groups is 1. The van der Waals surface area contributed by atoms with Crippen LogP contribution >= 0.6 is 11.6 Å². The number of rotatable bonds is 8. The number of nitrogens with zero attached hydrogens (tertiary/aromatic N) is 3. The number of para-hydroxylation sites is 1. The van der Waals surface area contributed by atoms with Gasteiger partial charge < -0.3 is 15.0 Å². The molecule has 0 aliphatic heterocycles. The predicted octanol–water partition coefficient (Wildman–Crippen LogP) is 6.75. The number of carbonyl (C=O) groups excluding carboxylic acids is 1. The van der Waals surface area contributed by atoms with Crippen molar-refractivity contribution < 1.29 is 9.53 Å². The second kappa shape index (κ2) is 11.5. The number of ether oxygens (including phenoxy) is 1. The van der Waals surface area contributed by atoms with E-state index >= 15 is 0 Å². The summed E-state index contributed by atoms with van der Waals surface area (Å²) >= 11 is 6.01. The van der Waals surface area contributed by atoms with Gasteiger partial charge in [0.05, 0.1) is 29.7 Å². The molecule has 0 saturated carbocycles. The summed E-state index contributed by atoms with van der Waals surface area (Å²) < 4.78 is 7.20. The first-order chi connectivity index (χ1) is 17.8. The van der Waals surface area contributed by atoms with Crippen molar-refractivity contribution in [2.45, 2.75) is 39.7 Å². The normalized spacial score (nSPS) is 11.8. The summed E-state index contributed by atoms with van der Waals surface area (Å²) in [5, 5.41) is 4.04. The number of hydrogen-bond acceptors (Lipinski definition) is 4. The van der Waals surface area contributed by atoms with Crippen LogP contribution in [0.25, 0.3) is 16.6 Å². The van der Waals surface area contributed by atoms with Crippen molar-refractivity contribution in [3.8, 4) is 11.4 Å². The molecule has 1 N–H and O–H groups in total. The van der Waals surface area contributed by atoms with Gasteiger partial charge in [0.25, 0.3) is 5.56 Å². The van der Waals surface area contributed by atoms with Crippen LogP contribution in [0, 0.1) is 6.92 Å². The summed E-state index contributed by atoms with van der Waals surface area (Å²) in [7, 11) is 1.57. The third-order valence-corrected chi connectivity index (χ3v) is 6.58. The second-order valence-electron chi connectivity index (χ2n) is 8.96. The van der Waals surface area contributed by atoms with Crippen molar-refractivity contribution in [1.82, 2.24) is 14.5 Å². The van der Waals surface area contributed by atoms with E-state index in [1.54, 1.807) is 46.9 Å². The van der Waals surface area contributed by atoms with E-state index in [1.165, 1.54) is 0 Å². The zero-order valence-electron chi connectivity index (χ0n) is 21.5. The molecule has 0 spiro atoms. The molecule has 8 heteroatoms. The fourth-order valence-corrected chi connectivity index (χ4v) is 4.43. The number of nitrogens with one attached hydrogen (secondary N) is 1. The molecule has 7 nitrogen and oxygen atoms in total. The Morgan fingerprint density at radius 3 is 2.57 bits per heavy atom. The van der Waals surface area contributed by atoms with Gasteiger partial charge in [-0.1, -0.05) is 43.1 Å². The maximum absolute atomic E-state index is 13.9. The van der Waals surface area contributed by atoms with Crippen LogP contribution in [0.5, 0.6) is 5.75 Å². The number of fused-ring (bicyclic) bond motifs is 1. The molecular weight excluding hydrogens is 488 g/mol. The van der Waals surface area contributed by atoms with E-state index in [9.17, 15) is 9.59 Å². The maximum atomic E-state index is 13.9. The highest BCUT2D eigenvalue weighted by Crippen LogP contribution is 2.29. The van der Waals surface area contributed by atoms with Crippen molar-refractivity contribution in [2.24, 2.45) is 0 Å². The average molecular weight is 519 g/mol. The molecule has 37 heavy (non-hydrogen) atoms. The zero-order chi connectivity index (χ0) is 26.5. The first-order valence-corrected chi connectivity index (χ1v) is 12.7. The summed E-state index contributed by atoms with van der Waals surface area (Å²) in [6.45, 7) is 6.41. The number of halogens is 1. The van der Waals surface area contributed by atoms with Crippen LogP contribution < -0.4 is 15.6 Å². The molecule has 0 fully saturated rings. The molecule has 0 saturated heterocycles. The predicted molar refractivity (Wildman–Crippen MR) is 149 cm³/mol. The third-order valence-electron chi connectivity index (χ3n) is 6.33. The molecule has 0 bridgehead atoms. The molecule has 1 aromatic heterocycles.